The molecule has 2 unspecified atom stereocenters. The van der Waals surface area contributed by atoms with Crippen LogP contribution in [0.4, 0.5) is 4.39 Å². The van der Waals surface area contributed by atoms with Gasteiger partial charge in [0.1, 0.15) is 11.7 Å². The first-order chi connectivity index (χ1) is 13.5. The normalized spacial score (nSPS) is 19.6. The van der Waals surface area contributed by atoms with Gasteiger partial charge in [-0.1, -0.05) is 38.1 Å². The van der Waals surface area contributed by atoms with Gasteiger partial charge in [0, 0.05) is 18.7 Å². The van der Waals surface area contributed by atoms with E-state index in [2.05, 4.69) is 4.90 Å². The summed E-state index contributed by atoms with van der Waals surface area (Å²) in [7, 11) is 0. The van der Waals surface area contributed by atoms with Crippen LogP contribution in [0.15, 0.2) is 41.8 Å². The third-order valence-corrected chi connectivity index (χ3v) is 6.11. The van der Waals surface area contributed by atoms with Gasteiger partial charge < -0.3 is 9.80 Å². The summed E-state index contributed by atoms with van der Waals surface area (Å²) in [5.74, 6) is -3.64. The third-order valence-electron chi connectivity index (χ3n) is 5.23. The largest absolute Gasteiger partial charge is 0.326 e. The zero-order valence-electron chi connectivity index (χ0n) is 15.9. The number of Topliss-reactive ketones (excluding diaryl/α,β-unsaturated/α-hetero) is 2. The Hall–Kier alpha value is -2.38. The van der Waals surface area contributed by atoms with Crippen molar-refractivity contribution in [3.05, 3.63) is 58.0 Å². The van der Waals surface area contributed by atoms with E-state index < -0.39 is 35.3 Å². The number of benzene rings is 1. The molecule has 1 aliphatic rings. The van der Waals surface area contributed by atoms with Gasteiger partial charge in [0.2, 0.25) is 5.78 Å². The van der Waals surface area contributed by atoms with Gasteiger partial charge in [-0.15, -0.1) is 11.3 Å². The fraction of sp³-hybridized carbons (Fsp3) is 0.381. The van der Waals surface area contributed by atoms with E-state index in [0.717, 1.165) is 13.1 Å². The van der Waals surface area contributed by atoms with E-state index in [0.29, 0.717) is 11.4 Å². The Kier molecular flexibility index (Phi) is 6.36. The maximum absolute atomic E-state index is 14.6. The van der Waals surface area contributed by atoms with Crippen LogP contribution in [0.3, 0.4) is 0 Å². The van der Waals surface area contributed by atoms with Crippen LogP contribution < -0.4 is 0 Å². The molecule has 1 saturated heterocycles. The Morgan fingerprint density at radius 3 is 2.46 bits per heavy atom. The number of thiophene rings is 1. The maximum Gasteiger partial charge on any atom is 0.291 e. The smallest absolute Gasteiger partial charge is 0.291 e. The number of likely N-dealkylation sites (tertiary alicyclic amines) is 1. The number of rotatable bonds is 8. The number of carbonyl (C=O) groups is 3. The topological polar surface area (TPSA) is 57.7 Å². The lowest BCUT2D eigenvalue weighted by atomic mass is 9.88. The number of hydrogen-bond donors (Lipinski definition) is 0. The predicted molar refractivity (Wildman–Crippen MR) is 106 cm³/mol. The molecule has 2 aromatic rings. The summed E-state index contributed by atoms with van der Waals surface area (Å²) in [5, 5.41) is 1.74. The van der Waals surface area contributed by atoms with E-state index in [-0.39, 0.29) is 12.1 Å². The molecule has 1 aromatic carbocycles. The highest BCUT2D eigenvalue weighted by Gasteiger charge is 2.52. The minimum absolute atomic E-state index is 0.205. The number of nitrogens with zero attached hydrogens (tertiary/aromatic N) is 2. The second kappa shape index (κ2) is 8.75. The highest BCUT2D eigenvalue weighted by Crippen LogP contribution is 2.39. The molecule has 1 aromatic heterocycles. The van der Waals surface area contributed by atoms with E-state index in [9.17, 15) is 18.8 Å². The molecular formula is C21H23FN2O3S. The maximum atomic E-state index is 14.6. The molecule has 148 valence electrons. The fourth-order valence-electron chi connectivity index (χ4n) is 3.65. The number of amides is 1. The van der Waals surface area contributed by atoms with Crippen molar-refractivity contribution < 1.29 is 18.8 Å². The average molecular weight is 402 g/mol. The van der Waals surface area contributed by atoms with E-state index in [1.54, 1.807) is 35.7 Å². The lowest BCUT2D eigenvalue weighted by Crippen LogP contribution is -2.38. The van der Waals surface area contributed by atoms with Crippen molar-refractivity contribution in [1.29, 1.82) is 0 Å². The number of carbonyl (C=O) groups excluding carboxylic acids is 3. The standard InChI is InChI=1S/C21H23FN2O3S/c1-3-23(4-2)11-12-24-18(14-8-5-6-9-15(14)22)17(20(26)21(24)27)19(25)16-10-7-13-28-16/h5-10,13,17-18H,3-4,11-12H2,1-2H3. The summed E-state index contributed by atoms with van der Waals surface area (Å²) in [4.78, 5) is 42.5. The van der Waals surface area contributed by atoms with Crippen molar-refractivity contribution in [2.24, 2.45) is 5.92 Å². The highest BCUT2D eigenvalue weighted by molar-refractivity contribution is 7.12. The quantitative estimate of drug-likeness (QED) is 0.387. The molecule has 1 fully saturated rings. The molecule has 28 heavy (non-hydrogen) atoms. The Balaban J connectivity index is 2.00. The van der Waals surface area contributed by atoms with Crippen molar-refractivity contribution >= 4 is 28.8 Å². The molecule has 5 nitrogen and oxygen atoms in total. The van der Waals surface area contributed by atoms with Crippen LogP contribution in [0.1, 0.15) is 35.1 Å². The van der Waals surface area contributed by atoms with E-state index in [1.165, 1.54) is 22.3 Å². The summed E-state index contributed by atoms with van der Waals surface area (Å²) >= 11 is 1.22. The first kappa shape index (κ1) is 20.4. The number of ketones is 2. The van der Waals surface area contributed by atoms with Gasteiger partial charge in [0.05, 0.1) is 10.9 Å². The molecule has 0 radical (unpaired) electrons. The van der Waals surface area contributed by atoms with Gasteiger partial charge >= 0.3 is 0 Å². The highest BCUT2D eigenvalue weighted by atomic mass is 32.1. The second-order valence-corrected chi connectivity index (χ2v) is 7.62. The van der Waals surface area contributed by atoms with Crippen LogP contribution >= 0.6 is 11.3 Å². The average Bonchev–Trinajstić information content (AvgIpc) is 3.31. The molecule has 0 N–H and O–H groups in total. The molecule has 0 saturated carbocycles. The van der Waals surface area contributed by atoms with Crippen LogP contribution in [-0.4, -0.2) is 53.5 Å². The Morgan fingerprint density at radius 1 is 1.14 bits per heavy atom. The molecule has 0 aliphatic carbocycles. The molecule has 2 atom stereocenters. The fourth-order valence-corrected chi connectivity index (χ4v) is 4.35. The first-order valence-electron chi connectivity index (χ1n) is 9.38. The van der Waals surface area contributed by atoms with Gasteiger partial charge in [-0.25, -0.2) is 4.39 Å². The minimum atomic E-state index is -1.22. The SMILES string of the molecule is CCN(CC)CCN1C(=O)C(=O)C(C(=O)c2cccs2)C1c1ccccc1F. The van der Waals surface area contributed by atoms with Gasteiger partial charge in [-0.05, 0) is 30.6 Å². The van der Waals surface area contributed by atoms with Crippen LogP contribution in [0.25, 0.3) is 0 Å². The monoisotopic (exact) mass is 402 g/mol. The summed E-state index contributed by atoms with van der Waals surface area (Å²) in [5.41, 5.74) is 0.205. The Morgan fingerprint density at radius 2 is 1.86 bits per heavy atom. The third kappa shape index (κ3) is 3.77. The molecule has 7 heteroatoms. The van der Waals surface area contributed by atoms with Crippen molar-refractivity contribution in [3.8, 4) is 0 Å². The summed E-state index contributed by atoms with van der Waals surface area (Å²) in [6.07, 6.45) is 0. The van der Waals surface area contributed by atoms with E-state index in [1.807, 2.05) is 13.8 Å². The molecule has 2 heterocycles. The van der Waals surface area contributed by atoms with Gasteiger partial charge in [0.15, 0.2) is 5.78 Å². The van der Waals surface area contributed by atoms with E-state index in [4.69, 9.17) is 0 Å². The Bertz CT molecular complexity index is 864. The van der Waals surface area contributed by atoms with Gasteiger partial charge in [-0.3, -0.25) is 14.4 Å². The van der Waals surface area contributed by atoms with Crippen LogP contribution in [0.5, 0.6) is 0 Å². The zero-order chi connectivity index (χ0) is 20.3. The van der Waals surface area contributed by atoms with Crippen LogP contribution in [-0.2, 0) is 9.59 Å². The number of halogens is 1. The Labute approximate surface area is 167 Å². The second-order valence-electron chi connectivity index (χ2n) is 6.68. The minimum Gasteiger partial charge on any atom is -0.326 e. The summed E-state index contributed by atoms with van der Waals surface area (Å²) < 4.78 is 14.6. The number of hydrogen-bond acceptors (Lipinski definition) is 5. The lowest BCUT2D eigenvalue weighted by molar-refractivity contribution is -0.140. The molecule has 0 spiro atoms. The zero-order valence-corrected chi connectivity index (χ0v) is 16.7. The molecular weight excluding hydrogens is 379 g/mol. The molecule has 3 rings (SSSR count). The van der Waals surface area contributed by atoms with Crippen molar-refractivity contribution in [1.82, 2.24) is 9.80 Å². The van der Waals surface area contributed by atoms with E-state index >= 15 is 0 Å². The summed E-state index contributed by atoms with van der Waals surface area (Å²) in [6.45, 7) is 6.44. The van der Waals surface area contributed by atoms with Gasteiger partial charge in [-0.2, -0.15) is 0 Å². The predicted octanol–water partition coefficient (Wildman–Crippen LogP) is 3.18. The first-order valence-corrected chi connectivity index (χ1v) is 10.3. The van der Waals surface area contributed by atoms with Gasteiger partial charge in [0.25, 0.3) is 5.91 Å². The molecule has 1 aliphatic heterocycles. The van der Waals surface area contributed by atoms with Crippen molar-refractivity contribution in [2.45, 2.75) is 19.9 Å². The molecule has 0 bridgehead atoms. The summed E-state index contributed by atoms with van der Waals surface area (Å²) in [6, 6.07) is 8.46. The molecule has 1 amide bonds. The number of likely N-dealkylation sites (N-methyl/N-ethyl adjacent to an activating group) is 1. The van der Waals surface area contributed by atoms with Crippen molar-refractivity contribution in [3.63, 3.8) is 0 Å². The lowest BCUT2D eigenvalue weighted by Gasteiger charge is -2.29. The van der Waals surface area contributed by atoms with Crippen LogP contribution in [0, 0.1) is 11.7 Å². The van der Waals surface area contributed by atoms with Crippen LogP contribution in [0.2, 0.25) is 0 Å². The van der Waals surface area contributed by atoms with Crippen molar-refractivity contribution in [2.75, 3.05) is 26.2 Å².